The second-order valence-electron chi connectivity index (χ2n) is 5.14. The lowest BCUT2D eigenvalue weighted by atomic mass is 9.95. The van der Waals surface area contributed by atoms with E-state index in [1.54, 1.807) is 0 Å². The molecule has 1 aromatic heterocycles. The van der Waals surface area contributed by atoms with Crippen LogP contribution in [0.5, 0.6) is 0 Å². The summed E-state index contributed by atoms with van der Waals surface area (Å²) >= 11 is 0. The Hall–Kier alpha value is -1.69. The lowest BCUT2D eigenvalue weighted by Crippen LogP contribution is -2.45. The molecule has 3 N–H and O–H groups in total. The molecule has 2 rings (SSSR count). The molecule has 0 radical (unpaired) electrons. The van der Waals surface area contributed by atoms with Gasteiger partial charge in [-0.3, -0.25) is 10.1 Å². The standard InChI is InChI=1S/C12H18N4O2/c1-8-5-10(16(17)18)6-14-11(8)15-12(2,7-13)9-3-4-9/h5-6,9H,3-4,7,13H2,1-2H3,(H,14,15). The third kappa shape index (κ3) is 2.43. The fourth-order valence-electron chi connectivity index (χ4n) is 2.10. The molecule has 1 heterocycles. The van der Waals surface area contributed by atoms with E-state index in [9.17, 15) is 10.1 Å². The molecule has 98 valence electrons. The van der Waals surface area contributed by atoms with E-state index < -0.39 is 4.92 Å². The van der Waals surface area contributed by atoms with Crippen LogP contribution < -0.4 is 11.1 Å². The third-order valence-corrected chi connectivity index (χ3v) is 3.58. The van der Waals surface area contributed by atoms with Gasteiger partial charge in [-0.15, -0.1) is 0 Å². The number of nitrogens with zero attached hydrogens (tertiary/aromatic N) is 2. The van der Waals surface area contributed by atoms with Crippen LogP contribution in [0.4, 0.5) is 11.5 Å². The van der Waals surface area contributed by atoms with E-state index in [0.29, 0.717) is 18.3 Å². The quantitative estimate of drug-likeness (QED) is 0.614. The number of aryl methyl sites for hydroxylation is 1. The van der Waals surface area contributed by atoms with Gasteiger partial charge < -0.3 is 11.1 Å². The normalized spacial score (nSPS) is 18.2. The highest BCUT2D eigenvalue weighted by Crippen LogP contribution is 2.41. The summed E-state index contributed by atoms with van der Waals surface area (Å²) in [5.74, 6) is 1.25. The molecule has 6 nitrogen and oxygen atoms in total. The number of pyridine rings is 1. The van der Waals surface area contributed by atoms with Crippen molar-refractivity contribution < 1.29 is 4.92 Å². The molecule has 1 aromatic rings. The van der Waals surface area contributed by atoms with Crippen LogP contribution in [-0.2, 0) is 0 Å². The van der Waals surface area contributed by atoms with Gasteiger partial charge in [-0.2, -0.15) is 0 Å². The average Bonchev–Trinajstić information content (AvgIpc) is 3.15. The van der Waals surface area contributed by atoms with Gasteiger partial charge in [0.05, 0.1) is 10.5 Å². The molecule has 0 bridgehead atoms. The van der Waals surface area contributed by atoms with Crippen LogP contribution in [0.25, 0.3) is 0 Å². The minimum absolute atomic E-state index is 0.0129. The van der Waals surface area contributed by atoms with E-state index in [1.165, 1.54) is 25.1 Å². The molecule has 1 aliphatic carbocycles. The van der Waals surface area contributed by atoms with E-state index in [-0.39, 0.29) is 11.2 Å². The van der Waals surface area contributed by atoms with Gasteiger partial charge in [-0.05, 0) is 38.2 Å². The number of aromatic nitrogens is 1. The highest BCUT2D eigenvalue weighted by molar-refractivity contribution is 5.50. The Balaban J connectivity index is 2.21. The molecule has 0 aliphatic heterocycles. The van der Waals surface area contributed by atoms with Crippen LogP contribution in [0.3, 0.4) is 0 Å². The van der Waals surface area contributed by atoms with E-state index >= 15 is 0 Å². The summed E-state index contributed by atoms with van der Waals surface area (Å²) in [6.07, 6.45) is 3.62. The zero-order valence-electron chi connectivity index (χ0n) is 10.6. The summed E-state index contributed by atoms with van der Waals surface area (Å²) < 4.78 is 0. The Bertz CT molecular complexity index is 473. The maximum Gasteiger partial charge on any atom is 0.287 e. The molecule has 1 aliphatic rings. The fraction of sp³-hybridized carbons (Fsp3) is 0.583. The number of nitro groups is 1. The minimum atomic E-state index is -0.438. The summed E-state index contributed by atoms with van der Waals surface area (Å²) in [6, 6.07) is 1.53. The highest BCUT2D eigenvalue weighted by Gasteiger charge is 2.40. The van der Waals surface area contributed by atoms with Crippen molar-refractivity contribution in [1.82, 2.24) is 4.98 Å². The van der Waals surface area contributed by atoms with Crippen LogP contribution in [0.1, 0.15) is 25.3 Å². The summed E-state index contributed by atoms with van der Waals surface area (Å²) in [5.41, 5.74) is 6.43. The third-order valence-electron chi connectivity index (χ3n) is 3.58. The topological polar surface area (TPSA) is 94.1 Å². The maximum absolute atomic E-state index is 10.6. The van der Waals surface area contributed by atoms with E-state index in [1.807, 2.05) is 6.92 Å². The molecule has 0 aromatic carbocycles. The molecule has 1 unspecified atom stereocenters. The number of hydrogen-bond acceptors (Lipinski definition) is 5. The number of nitrogens with two attached hydrogens (primary N) is 1. The van der Waals surface area contributed by atoms with Crippen molar-refractivity contribution in [2.75, 3.05) is 11.9 Å². The molecular weight excluding hydrogens is 232 g/mol. The van der Waals surface area contributed by atoms with Crippen molar-refractivity contribution in [3.05, 3.63) is 27.9 Å². The predicted octanol–water partition coefficient (Wildman–Crippen LogP) is 1.84. The van der Waals surface area contributed by atoms with Gasteiger partial charge in [0, 0.05) is 12.6 Å². The molecule has 1 fully saturated rings. The average molecular weight is 250 g/mol. The Labute approximate surface area is 106 Å². The van der Waals surface area contributed by atoms with Gasteiger partial charge >= 0.3 is 0 Å². The summed E-state index contributed by atoms with van der Waals surface area (Å²) in [6.45, 7) is 4.41. The number of rotatable bonds is 5. The zero-order chi connectivity index (χ0) is 13.3. The first-order valence-corrected chi connectivity index (χ1v) is 6.05. The Morgan fingerprint density at radius 3 is 2.78 bits per heavy atom. The van der Waals surface area contributed by atoms with Gasteiger partial charge in [-0.1, -0.05) is 0 Å². The van der Waals surface area contributed by atoms with Gasteiger partial charge in [0.2, 0.25) is 0 Å². The van der Waals surface area contributed by atoms with Crippen molar-refractivity contribution >= 4 is 11.5 Å². The van der Waals surface area contributed by atoms with Crippen LogP contribution in [0.2, 0.25) is 0 Å². The van der Waals surface area contributed by atoms with E-state index in [2.05, 4.69) is 17.2 Å². The van der Waals surface area contributed by atoms with Crippen molar-refractivity contribution in [2.45, 2.75) is 32.2 Å². The molecular formula is C12H18N4O2. The van der Waals surface area contributed by atoms with Crippen LogP contribution >= 0.6 is 0 Å². The molecule has 0 spiro atoms. The summed E-state index contributed by atoms with van der Waals surface area (Å²) in [5, 5.41) is 14.0. The van der Waals surface area contributed by atoms with Crippen molar-refractivity contribution in [2.24, 2.45) is 11.7 Å². The Morgan fingerprint density at radius 1 is 1.67 bits per heavy atom. The molecule has 0 saturated heterocycles. The zero-order valence-corrected chi connectivity index (χ0v) is 10.6. The lowest BCUT2D eigenvalue weighted by Gasteiger charge is -2.30. The molecule has 6 heteroatoms. The van der Waals surface area contributed by atoms with Crippen molar-refractivity contribution in [1.29, 1.82) is 0 Å². The molecule has 1 atom stereocenters. The van der Waals surface area contributed by atoms with E-state index in [0.717, 1.165) is 5.56 Å². The molecule has 0 amide bonds. The Kier molecular flexibility index (Phi) is 3.21. The first-order valence-electron chi connectivity index (χ1n) is 6.05. The SMILES string of the molecule is Cc1cc([N+](=O)[O-])cnc1NC(C)(CN)C1CC1. The second kappa shape index (κ2) is 4.53. The first kappa shape index (κ1) is 12.8. The van der Waals surface area contributed by atoms with Crippen LogP contribution in [-0.4, -0.2) is 22.0 Å². The number of hydrogen-bond donors (Lipinski definition) is 2. The minimum Gasteiger partial charge on any atom is -0.363 e. The lowest BCUT2D eigenvalue weighted by molar-refractivity contribution is -0.385. The van der Waals surface area contributed by atoms with Crippen LogP contribution in [0, 0.1) is 23.0 Å². The summed E-state index contributed by atoms with van der Waals surface area (Å²) in [7, 11) is 0. The first-order chi connectivity index (χ1) is 8.46. The van der Waals surface area contributed by atoms with Gasteiger partial charge in [0.1, 0.15) is 12.0 Å². The Morgan fingerprint density at radius 2 is 2.33 bits per heavy atom. The highest BCUT2D eigenvalue weighted by atomic mass is 16.6. The number of anilines is 1. The van der Waals surface area contributed by atoms with Crippen molar-refractivity contribution in [3.63, 3.8) is 0 Å². The smallest absolute Gasteiger partial charge is 0.287 e. The molecule has 1 saturated carbocycles. The maximum atomic E-state index is 10.6. The van der Waals surface area contributed by atoms with E-state index in [4.69, 9.17) is 5.73 Å². The summed E-state index contributed by atoms with van der Waals surface area (Å²) in [4.78, 5) is 14.3. The van der Waals surface area contributed by atoms with Gasteiger partial charge in [0.25, 0.3) is 5.69 Å². The molecule has 18 heavy (non-hydrogen) atoms. The van der Waals surface area contributed by atoms with Crippen LogP contribution in [0.15, 0.2) is 12.3 Å². The largest absolute Gasteiger partial charge is 0.363 e. The fourth-order valence-corrected chi connectivity index (χ4v) is 2.10. The van der Waals surface area contributed by atoms with Crippen molar-refractivity contribution in [3.8, 4) is 0 Å². The van der Waals surface area contributed by atoms with Gasteiger partial charge in [0.15, 0.2) is 0 Å². The second-order valence-corrected chi connectivity index (χ2v) is 5.14. The number of nitrogens with one attached hydrogen (secondary N) is 1. The predicted molar refractivity (Wildman–Crippen MR) is 69.4 cm³/mol. The van der Waals surface area contributed by atoms with Gasteiger partial charge in [-0.25, -0.2) is 4.98 Å². The monoisotopic (exact) mass is 250 g/mol.